The number of nitrogens with one attached hydrogen (secondary N) is 3. The summed E-state index contributed by atoms with van der Waals surface area (Å²) < 4.78 is 25.9. The standard InChI is InChI=1S/C10H10ClN3O4S/c1-12-19(17,18)7-3-2-5(11)4-6(7)8-9(15)14-10(16)13-8/h2-4,8,12H,1H3,(H2,13,14,15,16). The summed E-state index contributed by atoms with van der Waals surface area (Å²) in [6.07, 6.45) is 0. The molecule has 0 bridgehead atoms. The lowest BCUT2D eigenvalue weighted by Gasteiger charge is -2.14. The van der Waals surface area contributed by atoms with Crippen LogP contribution < -0.4 is 15.4 Å². The third kappa shape index (κ3) is 2.55. The summed E-state index contributed by atoms with van der Waals surface area (Å²) in [6.45, 7) is 0. The monoisotopic (exact) mass is 303 g/mol. The zero-order valence-electron chi connectivity index (χ0n) is 9.73. The van der Waals surface area contributed by atoms with Gasteiger partial charge in [-0.3, -0.25) is 10.1 Å². The molecule has 7 nitrogen and oxygen atoms in total. The minimum Gasteiger partial charge on any atom is -0.322 e. The van der Waals surface area contributed by atoms with Crippen molar-refractivity contribution in [1.29, 1.82) is 0 Å². The molecule has 1 fully saturated rings. The van der Waals surface area contributed by atoms with Gasteiger partial charge in [0.05, 0.1) is 4.90 Å². The van der Waals surface area contributed by atoms with E-state index in [1.54, 1.807) is 0 Å². The Hall–Kier alpha value is -1.64. The lowest BCUT2D eigenvalue weighted by Crippen LogP contribution is -2.26. The quantitative estimate of drug-likeness (QED) is 0.690. The summed E-state index contributed by atoms with van der Waals surface area (Å²) in [5, 5.41) is 4.63. The van der Waals surface area contributed by atoms with Crippen molar-refractivity contribution in [2.75, 3.05) is 7.05 Å². The molecule has 1 aliphatic rings. The van der Waals surface area contributed by atoms with E-state index in [1.165, 1.54) is 25.2 Å². The minimum atomic E-state index is -3.76. The average molecular weight is 304 g/mol. The van der Waals surface area contributed by atoms with Gasteiger partial charge in [-0.15, -0.1) is 0 Å². The van der Waals surface area contributed by atoms with Gasteiger partial charge in [-0.1, -0.05) is 11.6 Å². The largest absolute Gasteiger partial charge is 0.322 e. The molecule has 3 N–H and O–H groups in total. The molecule has 0 aromatic heterocycles. The first kappa shape index (κ1) is 13.8. The van der Waals surface area contributed by atoms with E-state index in [0.29, 0.717) is 0 Å². The number of urea groups is 1. The summed E-state index contributed by atoms with van der Waals surface area (Å²) in [5.41, 5.74) is 0.116. The van der Waals surface area contributed by atoms with Crippen LogP contribution in [0.2, 0.25) is 5.02 Å². The van der Waals surface area contributed by atoms with Gasteiger partial charge in [0.1, 0.15) is 6.04 Å². The van der Waals surface area contributed by atoms with Crippen LogP contribution in [0.4, 0.5) is 4.79 Å². The lowest BCUT2D eigenvalue weighted by atomic mass is 10.1. The molecule has 1 aliphatic heterocycles. The molecule has 1 aromatic carbocycles. The van der Waals surface area contributed by atoms with Gasteiger partial charge in [0.25, 0.3) is 5.91 Å². The molecule has 0 saturated carbocycles. The van der Waals surface area contributed by atoms with Crippen LogP contribution in [0.25, 0.3) is 0 Å². The number of hydrogen-bond acceptors (Lipinski definition) is 4. The van der Waals surface area contributed by atoms with E-state index in [2.05, 4.69) is 10.0 Å². The predicted octanol–water partition coefficient (Wildman–Crippen LogP) is 0.129. The predicted molar refractivity (Wildman–Crippen MR) is 67.1 cm³/mol. The third-order valence-corrected chi connectivity index (χ3v) is 4.34. The number of sulfonamides is 1. The molecular weight excluding hydrogens is 294 g/mol. The highest BCUT2D eigenvalue weighted by atomic mass is 35.5. The Morgan fingerprint density at radius 2 is 2.00 bits per heavy atom. The number of imide groups is 1. The average Bonchev–Trinajstić information content (AvgIpc) is 2.68. The van der Waals surface area contributed by atoms with Crippen LogP contribution in [-0.4, -0.2) is 27.4 Å². The molecule has 19 heavy (non-hydrogen) atoms. The second-order valence-electron chi connectivity index (χ2n) is 3.79. The van der Waals surface area contributed by atoms with Crippen molar-refractivity contribution in [2.24, 2.45) is 0 Å². The summed E-state index contributed by atoms with van der Waals surface area (Å²) in [7, 11) is -2.51. The Morgan fingerprint density at radius 3 is 2.53 bits per heavy atom. The Kier molecular flexibility index (Phi) is 3.48. The SMILES string of the molecule is CNS(=O)(=O)c1ccc(Cl)cc1C1NC(=O)NC1=O. The smallest absolute Gasteiger partial charge is 0.322 e. The number of carbonyl (C=O) groups is 2. The zero-order chi connectivity index (χ0) is 14.2. The molecule has 1 aromatic rings. The molecule has 0 radical (unpaired) electrons. The first-order chi connectivity index (χ1) is 8.85. The maximum Gasteiger partial charge on any atom is 0.322 e. The highest BCUT2D eigenvalue weighted by Gasteiger charge is 2.34. The van der Waals surface area contributed by atoms with Gasteiger partial charge < -0.3 is 5.32 Å². The summed E-state index contributed by atoms with van der Waals surface area (Å²) >= 11 is 5.81. The Morgan fingerprint density at radius 1 is 1.32 bits per heavy atom. The summed E-state index contributed by atoms with van der Waals surface area (Å²) in [5.74, 6) is -0.625. The molecule has 0 spiro atoms. The number of carbonyl (C=O) groups excluding carboxylic acids is 2. The molecule has 1 heterocycles. The fourth-order valence-corrected chi connectivity index (χ4v) is 2.87. The number of hydrogen-bond donors (Lipinski definition) is 3. The maximum absolute atomic E-state index is 11.9. The third-order valence-electron chi connectivity index (χ3n) is 2.62. The minimum absolute atomic E-state index is 0.109. The van der Waals surface area contributed by atoms with Crippen LogP contribution in [0.1, 0.15) is 11.6 Å². The van der Waals surface area contributed by atoms with E-state index >= 15 is 0 Å². The number of amides is 3. The van der Waals surface area contributed by atoms with Crippen LogP contribution in [-0.2, 0) is 14.8 Å². The Balaban J connectivity index is 2.59. The summed E-state index contributed by atoms with van der Waals surface area (Å²) in [4.78, 5) is 22.6. The van der Waals surface area contributed by atoms with Crippen molar-refractivity contribution in [2.45, 2.75) is 10.9 Å². The Labute approximate surface area is 114 Å². The molecule has 2 rings (SSSR count). The topological polar surface area (TPSA) is 104 Å². The van der Waals surface area contributed by atoms with Crippen molar-refractivity contribution in [3.63, 3.8) is 0 Å². The number of benzene rings is 1. The van der Waals surface area contributed by atoms with Crippen LogP contribution in [0.3, 0.4) is 0 Å². The van der Waals surface area contributed by atoms with Gasteiger partial charge in [-0.05, 0) is 25.2 Å². The molecule has 102 valence electrons. The van der Waals surface area contributed by atoms with Crippen molar-refractivity contribution >= 4 is 33.6 Å². The van der Waals surface area contributed by atoms with Crippen molar-refractivity contribution in [3.05, 3.63) is 28.8 Å². The van der Waals surface area contributed by atoms with Crippen LogP contribution >= 0.6 is 11.6 Å². The highest BCUT2D eigenvalue weighted by molar-refractivity contribution is 7.89. The van der Waals surface area contributed by atoms with E-state index < -0.39 is 28.0 Å². The molecule has 0 aliphatic carbocycles. The van der Waals surface area contributed by atoms with Crippen LogP contribution in [0.5, 0.6) is 0 Å². The van der Waals surface area contributed by atoms with Gasteiger partial charge in [-0.25, -0.2) is 17.9 Å². The van der Waals surface area contributed by atoms with E-state index in [1.807, 2.05) is 5.32 Å². The molecule has 1 saturated heterocycles. The molecule has 3 amide bonds. The van der Waals surface area contributed by atoms with Gasteiger partial charge >= 0.3 is 6.03 Å². The maximum atomic E-state index is 11.9. The summed E-state index contributed by atoms with van der Waals surface area (Å²) in [6, 6.07) is 2.25. The first-order valence-corrected chi connectivity index (χ1v) is 7.05. The lowest BCUT2D eigenvalue weighted by molar-refractivity contribution is -0.120. The van der Waals surface area contributed by atoms with Crippen LogP contribution in [0, 0.1) is 0 Å². The number of rotatable bonds is 3. The van der Waals surface area contributed by atoms with Crippen molar-refractivity contribution in [3.8, 4) is 0 Å². The van der Waals surface area contributed by atoms with Crippen molar-refractivity contribution in [1.82, 2.24) is 15.4 Å². The van der Waals surface area contributed by atoms with Gasteiger partial charge in [-0.2, -0.15) is 0 Å². The molecule has 1 atom stereocenters. The molecule has 1 unspecified atom stereocenters. The molecule has 9 heteroatoms. The van der Waals surface area contributed by atoms with E-state index in [4.69, 9.17) is 11.6 Å². The van der Waals surface area contributed by atoms with Crippen molar-refractivity contribution < 1.29 is 18.0 Å². The number of halogens is 1. The van der Waals surface area contributed by atoms with Crippen LogP contribution in [0.15, 0.2) is 23.1 Å². The van der Waals surface area contributed by atoms with Gasteiger partial charge in [0.2, 0.25) is 10.0 Å². The first-order valence-electron chi connectivity index (χ1n) is 5.19. The fourth-order valence-electron chi connectivity index (χ4n) is 1.74. The highest BCUT2D eigenvalue weighted by Crippen LogP contribution is 2.27. The second kappa shape index (κ2) is 4.80. The van der Waals surface area contributed by atoms with Gasteiger partial charge in [0.15, 0.2) is 0 Å². The molecular formula is C10H10ClN3O4S. The second-order valence-corrected chi connectivity index (χ2v) is 6.08. The van der Waals surface area contributed by atoms with E-state index in [0.717, 1.165) is 0 Å². The normalized spacial score (nSPS) is 19.2. The van der Waals surface area contributed by atoms with E-state index in [9.17, 15) is 18.0 Å². The van der Waals surface area contributed by atoms with E-state index in [-0.39, 0.29) is 15.5 Å². The fraction of sp³-hybridized carbons (Fsp3) is 0.200. The van der Waals surface area contributed by atoms with Gasteiger partial charge in [0, 0.05) is 10.6 Å². The Bertz CT molecular complexity index is 659. The zero-order valence-corrected chi connectivity index (χ0v) is 11.3.